The molecule has 5 nitrogen and oxygen atoms in total. The van der Waals surface area contributed by atoms with Crippen LogP contribution >= 0.6 is 15.9 Å². The van der Waals surface area contributed by atoms with Gasteiger partial charge in [-0.1, -0.05) is 34.1 Å². The van der Waals surface area contributed by atoms with E-state index in [9.17, 15) is 13.4 Å². The van der Waals surface area contributed by atoms with Gasteiger partial charge in [0.05, 0.1) is 0 Å². The van der Waals surface area contributed by atoms with Gasteiger partial charge < -0.3 is 5.73 Å². The fourth-order valence-corrected chi connectivity index (χ4v) is 3.96. The Morgan fingerprint density at radius 3 is 2.67 bits per heavy atom. The third-order valence-corrected chi connectivity index (χ3v) is 5.26. The Kier molecular flexibility index (Phi) is 6.47. The molecule has 0 saturated heterocycles. The van der Waals surface area contributed by atoms with Crippen LogP contribution in [0.15, 0.2) is 46.9 Å². The van der Waals surface area contributed by atoms with Gasteiger partial charge in [-0.25, -0.2) is 9.87 Å². The summed E-state index contributed by atoms with van der Waals surface area (Å²) in [6, 6.07) is 11.3. The number of rotatable bonds is 6. The molecule has 4 N–H and O–H groups in total. The molecule has 2 aromatic rings. The Balaban J connectivity index is 2.42. The number of nitrogens with two attached hydrogens (primary N) is 1. The molecule has 128 valence electrons. The maximum absolute atomic E-state index is 14.3. The van der Waals surface area contributed by atoms with Gasteiger partial charge in [0.2, 0.25) is 0 Å². The molecule has 0 saturated carbocycles. The van der Waals surface area contributed by atoms with Crippen LogP contribution in [0.2, 0.25) is 0 Å². The molecule has 0 aliphatic heterocycles. The van der Waals surface area contributed by atoms with Crippen molar-refractivity contribution in [1.82, 2.24) is 5.48 Å². The summed E-state index contributed by atoms with van der Waals surface area (Å²) in [6.07, 6.45) is 0. The molecule has 1 amide bonds. The van der Waals surface area contributed by atoms with Gasteiger partial charge in [-0.3, -0.25) is 14.2 Å². The monoisotopic (exact) mass is 414 g/mol. The smallest absolute Gasteiger partial charge is 0.255 e. The lowest BCUT2D eigenvalue weighted by molar-refractivity contribution is -0.126. The van der Waals surface area contributed by atoms with E-state index in [0.717, 1.165) is 4.47 Å². The molecule has 0 bridgehead atoms. The highest BCUT2D eigenvalue weighted by atomic mass is 79.9. The Labute approximate surface area is 149 Å². The van der Waals surface area contributed by atoms with Crippen LogP contribution in [0.4, 0.5) is 10.1 Å². The first-order valence-electron chi connectivity index (χ1n) is 6.99. The van der Waals surface area contributed by atoms with Gasteiger partial charge in [0, 0.05) is 32.6 Å². The van der Waals surface area contributed by atoms with Crippen LogP contribution in [-0.4, -0.2) is 26.8 Å². The summed E-state index contributed by atoms with van der Waals surface area (Å²) in [7, 11) is -1.61. The molecule has 0 aliphatic rings. The summed E-state index contributed by atoms with van der Waals surface area (Å²) in [4.78, 5) is 11.2. The molecule has 8 heteroatoms. The van der Waals surface area contributed by atoms with Crippen molar-refractivity contribution in [3.63, 3.8) is 0 Å². The fraction of sp³-hybridized carbons (Fsp3) is 0.188. The van der Waals surface area contributed by atoms with Gasteiger partial charge >= 0.3 is 0 Å². The van der Waals surface area contributed by atoms with Crippen LogP contribution in [0.25, 0.3) is 0 Å². The van der Waals surface area contributed by atoms with E-state index < -0.39 is 28.4 Å². The average Bonchev–Trinajstić information content (AvgIpc) is 2.55. The number of hydroxylamine groups is 1. The maximum atomic E-state index is 14.3. The first-order chi connectivity index (χ1) is 11.4. The van der Waals surface area contributed by atoms with E-state index in [-0.39, 0.29) is 11.5 Å². The molecule has 0 radical (unpaired) electrons. The van der Waals surface area contributed by atoms with E-state index in [0.29, 0.717) is 16.8 Å². The van der Waals surface area contributed by atoms with E-state index in [2.05, 4.69) is 15.9 Å². The summed E-state index contributed by atoms with van der Waals surface area (Å²) in [5.74, 6) is -2.17. The van der Waals surface area contributed by atoms with Crippen molar-refractivity contribution in [1.29, 1.82) is 0 Å². The molecule has 0 spiro atoms. The number of nitrogen functional groups attached to an aromatic ring is 1. The van der Waals surface area contributed by atoms with E-state index in [1.165, 1.54) is 11.5 Å². The lowest BCUT2D eigenvalue weighted by Crippen LogP contribution is -2.27. The van der Waals surface area contributed by atoms with Crippen molar-refractivity contribution in [2.75, 3.05) is 17.2 Å². The average molecular weight is 415 g/mol. The maximum Gasteiger partial charge on any atom is 0.255 e. The van der Waals surface area contributed by atoms with Gasteiger partial charge in [0.15, 0.2) is 0 Å². The SMILES string of the molecule is Nc1ccc(Br)cc1C(CS(=O)CC(=O)NO)c1ccccc1F. The molecular formula is C16H16BrFN2O3S. The second kappa shape index (κ2) is 8.36. The predicted molar refractivity (Wildman–Crippen MR) is 94.6 cm³/mol. The van der Waals surface area contributed by atoms with E-state index in [4.69, 9.17) is 10.9 Å². The van der Waals surface area contributed by atoms with Crippen molar-refractivity contribution in [2.45, 2.75) is 5.92 Å². The Morgan fingerprint density at radius 1 is 1.29 bits per heavy atom. The molecule has 2 unspecified atom stereocenters. The van der Waals surface area contributed by atoms with Crippen molar-refractivity contribution in [2.24, 2.45) is 0 Å². The largest absolute Gasteiger partial charge is 0.398 e. The van der Waals surface area contributed by atoms with E-state index in [1.54, 1.807) is 36.4 Å². The number of carbonyl (C=O) groups excluding carboxylic acids is 1. The van der Waals surface area contributed by atoms with Crippen LogP contribution < -0.4 is 11.2 Å². The summed E-state index contributed by atoms with van der Waals surface area (Å²) < 4.78 is 27.3. The summed E-state index contributed by atoms with van der Waals surface area (Å²) >= 11 is 3.35. The van der Waals surface area contributed by atoms with E-state index in [1.807, 2.05) is 0 Å². The molecular weight excluding hydrogens is 399 g/mol. The first-order valence-corrected chi connectivity index (χ1v) is 9.27. The van der Waals surface area contributed by atoms with Crippen molar-refractivity contribution in [3.05, 3.63) is 63.9 Å². The number of hydrogen-bond acceptors (Lipinski definition) is 4. The van der Waals surface area contributed by atoms with Crippen molar-refractivity contribution >= 4 is 38.3 Å². The molecule has 0 fully saturated rings. The highest BCUT2D eigenvalue weighted by Gasteiger charge is 2.23. The molecule has 0 aliphatic carbocycles. The number of nitrogens with one attached hydrogen (secondary N) is 1. The predicted octanol–water partition coefficient (Wildman–Crippen LogP) is 2.56. The standard InChI is InChI=1S/C16H16BrFN2O3S/c17-10-5-6-15(19)12(7-10)13(8-24(23)9-16(21)20-22)11-3-1-2-4-14(11)18/h1-7,13,22H,8-9,19H2,(H,20,21). The van der Waals surface area contributed by atoms with Crippen molar-refractivity contribution in [3.8, 4) is 0 Å². The van der Waals surface area contributed by atoms with E-state index >= 15 is 0 Å². The van der Waals surface area contributed by atoms with Gasteiger partial charge in [0.1, 0.15) is 11.6 Å². The van der Waals surface area contributed by atoms with Gasteiger partial charge in [-0.2, -0.15) is 0 Å². The zero-order valence-electron chi connectivity index (χ0n) is 12.5. The molecule has 2 rings (SSSR count). The number of halogens is 2. The lowest BCUT2D eigenvalue weighted by Gasteiger charge is -2.20. The van der Waals surface area contributed by atoms with Crippen LogP contribution in [0.1, 0.15) is 17.0 Å². The normalized spacial score (nSPS) is 13.3. The number of amides is 1. The molecule has 2 atom stereocenters. The van der Waals surface area contributed by atoms with Crippen molar-refractivity contribution < 1.29 is 18.6 Å². The fourth-order valence-electron chi connectivity index (χ4n) is 2.38. The Morgan fingerprint density at radius 2 is 2.00 bits per heavy atom. The minimum Gasteiger partial charge on any atom is -0.398 e. The van der Waals surface area contributed by atoms with Crippen LogP contribution in [0.5, 0.6) is 0 Å². The molecule has 0 heterocycles. The third-order valence-electron chi connectivity index (χ3n) is 3.47. The lowest BCUT2D eigenvalue weighted by atomic mass is 9.91. The molecule has 2 aromatic carbocycles. The third kappa shape index (κ3) is 4.62. The number of anilines is 1. The highest BCUT2D eigenvalue weighted by Crippen LogP contribution is 2.33. The van der Waals surface area contributed by atoms with Gasteiger partial charge in [-0.05, 0) is 35.4 Å². The Hall–Kier alpha value is -1.77. The van der Waals surface area contributed by atoms with Crippen LogP contribution in [0.3, 0.4) is 0 Å². The van der Waals surface area contributed by atoms with Crippen LogP contribution in [0, 0.1) is 5.82 Å². The number of benzene rings is 2. The second-order valence-corrected chi connectivity index (χ2v) is 7.55. The topological polar surface area (TPSA) is 92.4 Å². The van der Waals surface area contributed by atoms with Crippen LogP contribution in [-0.2, 0) is 15.6 Å². The minimum atomic E-state index is -1.61. The molecule has 24 heavy (non-hydrogen) atoms. The zero-order chi connectivity index (χ0) is 17.7. The number of hydrogen-bond donors (Lipinski definition) is 3. The zero-order valence-corrected chi connectivity index (χ0v) is 14.9. The van der Waals surface area contributed by atoms with Gasteiger partial charge in [-0.15, -0.1) is 0 Å². The number of carbonyl (C=O) groups is 1. The summed E-state index contributed by atoms with van der Waals surface area (Å²) in [6.45, 7) is 0. The summed E-state index contributed by atoms with van der Waals surface area (Å²) in [5, 5.41) is 8.56. The first kappa shape index (κ1) is 18.6. The second-order valence-electron chi connectivity index (χ2n) is 5.13. The summed E-state index contributed by atoms with van der Waals surface area (Å²) in [5.41, 5.74) is 8.87. The minimum absolute atomic E-state index is 0.00495. The highest BCUT2D eigenvalue weighted by molar-refractivity contribution is 9.10. The van der Waals surface area contributed by atoms with Gasteiger partial charge in [0.25, 0.3) is 5.91 Å². The molecule has 0 aromatic heterocycles. The quantitative estimate of drug-likeness (QED) is 0.384. The Bertz CT molecular complexity index is 773.